The van der Waals surface area contributed by atoms with E-state index in [9.17, 15) is 4.39 Å². The molecule has 0 aromatic heterocycles. The van der Waals surface area contributed by atoms with Crippen LogP contribution in [0.15, 0.2) is 18.2 Å². The zero-order valence-corrected chi connectivity index (χ0v) is 12.0. The minimum atomic E-state index is -0.338. The molecule has 19 heavy (non-hydrogen) atoms. The van der Waals surface area contributed by atoms with Gasteiger partial charge in [-0.15, -0.1) is 0 Å². The van der Waals surface area contributed by atoms with E-state index in [1.807, 2.05) is 6.07 Å². The van der Waals surface area contributed by atoms with Gasteiger partial charge in [-0.05, 0) is 49.4 Å². The van der Waals surface area contributed by atoms with Crippen molar-refractivity contribution in [3.8, 4) is 0 Å². The molecule has 0 amide bonds. The molecule has 0 bridgehead atoms. The molecule has 106 valence electrons. The third-order valence-electron chi connectivity index (χ3n) is 3.65. The van der Waals surface area contributed by atoms with Crippen molar-refractivity contribution in [1.29, 1.82) is 0 Å². The quantitative estimate of drug-likeness (QED) is 0.884. The molecule has 2 rings (SSSR count). The van der Waals surface area contributed by atoms with Gasteiger partial charge in [0.2, 0.25) is 0 Å². The number of hydrogen-bond donors (Lipinski definition) is 1. The molecule has 0 saturated carbocycles. The smallest absolute Gasteiger partial charge is 0.142 e. The predicted molar refractivity (Wildman–Crippen MR) is 76.0 cm³/mol. The van der Waals surface area contributed by atoms with Gasteiger partial charge in [-0.1, -0.05) is 24.6 Å². The molecule has 4 heteroatoms. The van der Waals surface area contributed by atoms with Gasteiger partial charge >= 0.3 is 0 Å². The molecule has 1 saturated heterocycles. The monoisotopic (exact) mass is 285 g/mol. The lowest BCUT2D eigenvalue weighted by molar-refractivity contribution is 0.0536. The molecule has 1 aromatic rings. The second kappa shape index (κ2) is 7.22. The summed E-state index contributed by atoms with van der Waals surface area (Å²) in [5, 5.41) is 3.72. The Balaban J connectivity index is 2.17. The Morgan fingerprint density at radius 1 is 1.42 bits per heavy atom. The first kappa shape index (κ1) is 14.8. The third kappa shape index (κ3) is 3.91. The Kier molecular flexibility index (Phi) is 5.61. The maximum absolute atomic E-state index is 13.6. The van der Waals surface area contributed by atoms with E-state index in [4.69, 9.17) is 16.3 Å². The molecule has 1 aliphatic heterocycles. The molecule has 1 aliphatic rings. The Labute approximate surface area is 119 Å². The first-order valence-corrected chi connectivity index (χ1v) is 7.36. The van der Waals surface area contributed by atoms with Crippen LogP contribution < -0.4 is 5.32 Å². The number of halogens is 2. The Morgan fingerprint density at radius 2 is 2.16 bits per heavy atom. The van der Waals surface area contributed by atoms with Crippen molar-refractivity contribution < 1.29 is 9.13 Å². The molecule has 1 aromatic carbocycles. The van der Waals surface area contributed by atoms with Crippen molar-refractivity contribution in [2.45, 2.75) is 32.2 Å². The van der Waals surface area contributed by atoms with E-state index in [1.54, 1.807) is 12.1 Å². The van der Waals surface area contributed by atoms with Crippen molar-refractivity contribution in [1.82, 2.24) is 5.32 Å². The Hall–Kier alpha value is -0.640. The summed E-state index contributed by atoms with van der Waals surface area (Å²) in [5.41, 5.74) is 0.988. The molecular formula is C15H21ClFNO. The highest BCUT2D eigenvalue weighted by Gasteiger charge is 2.25. The maximum atomic E-state index is 13.6. The average molecular weight is 286 g/mol. The lowest BCUT2D eigenvalue weighted by Crippen LogP contribution is -2.32. The van der Waals surface area contributed by atoms with Crippen LogP contribution in [0, 0.1) is 11.7 Å². The van der Waals surface area contributed by atoms with Gasteiger partial charge in [0.1, 0.15) is 5.82 Å². The molecule has 0 spiro atoms. The van der Waals surface area contributed by atoms with E-state index in [-0.39, 0.29) is 16.9 Å². The molecule has 1 N–H and O–H groups in total. The number of rotatable bonds is 5. The van der Waals surface area contributed by atoms with Crippen LogP contribution in [-0.2, 0) is 4.74 Å². The first-order chi connectivity index (χ1) is 9.22. The SMILES string of the molecule is CCCNC(c1ccc(Cl)c(F)c1)C1CCOCC1. The van der Waals surface area contributed by atoms with Crippen LogP contribution in [0.25, 0.3) is 0 Å². The molecule has 2 nitrogen and oxygen atoms in total. The highest BCUT2D eigenvalue weighted by Crippen LogP contribution is 2.31. The summed E-state index contributed by atoms with van der Waals surface area (Å²) in [6, 6.07) is 5.32. The highest BCUT2D eigenvalue weighted by molar-refractivity contribution is 6.30. The lowest BCUT2D eigenvalue weighted by Gasteiger charge is -2.31. The minimum absolute atomic E-state index is 0.185. The van der Waals surface area contributed by atoms with Crippen LogP contribution in [0.5, 0.6) is 0 Å². The normalized spacial score (nSPS) is 18.5. The number of ether oxygens (including phenoxy) is 1. The van der Waals surface area contributed by atoms with Crippen LogP contribution >= 0.6 is 11.6 Å². The van der Waals surface area contributed by atoms with Gasteiger partial charge in [0.15, 0.2) is 0 Å². The van der Waals surface area contributed by atoms with Crippen molar-refractivity contribution in [2.24, 2.45) is 5.92 Å². The van der Waals surface area contributed by atoms with E-state index in [0.29, 0.717) is 5.92 Å². The lowest BCUT2D eigenvalue weighted by atomic mass is 9.87. The molecule has 0 aliphatic carbocycles. The molecule has 1 atom stereocenters. The summed E-state index contributed by atoms with van der Waals surface area (Å²) in [6.45, 7) is 4.67. The van der Waals surface area contributed by atoms with Crippen LogP contribution in [0.2, 0.25) is 5.02 Å². The first-order valence-electron chi connectivity index (χ1n) is 6.98. The average Bonchev–Trinajstić information content (AvgIpc) is 2.44. The molecule has 1 unspecified atom stereocenters. The summed E-state index contributed by atoms with van der Waals surface area (Å²) < 4.78 is 19.1. The van der Waals surface area contributed by atoms with Gasteiger partial charge in [0.05, 0.1) is 5.02 Å². The van der Waals surface area contributed by atoms with Crippen molar-refractivity contribution in [3.63, 3.8) is 0 Å². The summed E-state index contributed by atoms with van der Waals surface area (Å²) in [7, 11) is 0. The standard InChI is InChI=1S/C15H21ClFNO/c1-2-7-18-15(11-5-8-19-9-6-11)12-3-4-13(16)14(17)10-12/h3-4,10-11,15,18H,2,5-9H2,1H3. The summed E-state index contributed by atoms with van der Waals surface area (Å²) in [4.78, 5) is 0. The van der Waals surface area contributed by atoms with Gasteiger partial charge in [0.25, 0.3) is 0 Å². The number of hydrogen-bond acceptors (Lipinski definition) is 2. The molecular weight excluding hydrogens is 265 g/mol. The largest absolute Gasteiger partial charge is 0.381 e. The van der Waals surface area contributed by atoms with E-state index in [2.05, 4.69) is 12.2 Å². The van der Waals surface area contributed by atoms with Crippen LogP contribution in [0.4, 0.5) is 4.39 Å². The van der Waals surface area contributed by atoms with Gasteiger partial charge < -0.3 is 10.1 Å². The maximum Gasteiger partial charge on any atom is 0.142 e. The number of benzene rings is 1. The zero-order chi connectivity index (χ0) is 13.7. The molecule has 1 fully saturated rings. The second-order valence-electron chi connectivity index (χ2n) is 5.06. The van der Waals surface area contributed by atoms with Gasteiger partial charge in [-0.3, -0.25) is 0 Å². The number of nitrogens with one attached hydrogen (secondary N) is 1. The third-order valence-corrected chi connectivity index (χ3v) is 3.96. The molecule has 1 heterocycles. The topological polar surface area (TPSA) is 21.3 Å². The van der Waals surface area contributed by atoms with E-state index >= 15 is 0 Å². The van der Waals surface area contributed by atoms with E-state index in [1.165, 1.54) is 0 Å². The summed E-state index contributed by atoms with van der Waals surface area (Å²) >= 11 is 5.76. The predicted octanol–water partition coefficient (Wildman–Crippen LogP) is 3.95. The second-order valence-corrected chi connectivity index (χ2v) is 5.46. The minimum Gasteiger partial charge on any atom is -0.381 e. The summed E-state index contributed by atoms with van der Waals surface area (Å²) in [5.74, 6) is 0.162. The van der Waals surface area contributed by atoms with Crippen LogP contribution in [0.3, 0.4) is 0 Å². The fraction of sp³-hybridized carbons (Fsp3) is 0.600. The van der Waals surface area contributed by atoms with E-state index < -0.39 is 0 Å². The fourth-order valence-corrected chi connectivity index (χ4v) is 2.73. The highest BCUT2D eigenvalue weighted by atomic mass is 35.5. The summed E-state index contributed by atoms with van der Waals surface area (Å²) in [6.07, 6.45) is 3.10. The van der Waals surface area contributed by atoms with Crippen molar-refractivity contribution in [3.05, 3.63) is 34.6 Å². The van der Waals surface area contributed by atoms with Gasteiger partial charge in [0, 0.05) is 19.3 Å². The van der Waals surface area contributed by atoms with Crippen molar-refractivity contribution in [2.75, 3.05) is 19.8 Å². The van der Waals surface area contributed by atoms with Crippen LogP contribution in [-0.4, -0.2) is 19.8 Å². The molecule has 0 radical (unpaired) electrons. The van der Waals surface area contributed by atoms with Crippen molar-refractivity contribution >= 4 is 11.6 Å². The fourth-order valence-electron chi connectivity index (χ4n) is 2.61. The van der Waals surface area contributed by atoms with Gasteiger partial charge in [-0.25, -0.2) is 4.39 Å². The Morgan fingerprint density at radius 3 is 2.79 bits per heavy atom. The van der Waals surface area contributed by atoms with Crippen LogP contribution in [0.1, 0.15) is 37.8 Å². The van der Waals surface area contributed by atoms with Gasteiger partial charge in [-0.2, -0.15) is 0 Å². The van der Waals surface area contributed by atoms with E-state index in [0.717, 1.165) is 44.6 Å². The Bertz CT molecular complexity index is 407. The zero-order valence-electron chi connectivity index (χ0n) is 11.3.